The quantitative estimate of drug-likeness (QED) is 0.705. The first-order valence-electron chi connectivity index (χ1n) is 8.12. The third-order valence-electron chi connectivity index (χ3n) is 4.54. The molecule has 0 radical (unpaired) electrons. The molecule has 0 saturated heterocycles. The van der Waals surface area contributed by atoms with Crippen molar-refractivity contribution in [1.82, 2.24) is 9.97 Å². The SMILES string of the molecule is O=C(Nc1cc(-c2cccc(Br)c2)ncn1)C1(c2ccccc2)CC1. The zero-order valence-electron chi connectivity index (χ0n) is 13.4. The van der Waals surface area contributed by atoms with Gasteiger partial charge < -0.3 is 5.32 Å². The number of rotatable bonds is 4. The van der Waals surface area contributed by atoms with Crippen LogP contribution in [0.3, 0.4) is 0 Å². The molecule has 2 aromatic carbocycles. The minimum atomic E-state index is -0.415. The van der Waals surface area contributed by atoms with Gasteiger partial charge in [-0.3, -0.25) is 4.79 Å². The summed E-state index contributed by atoms with van der Waals surface area (Å²) in [6.45, 7) is 0. The van der Waals surface area contributed by atoms with E-state index in [9.17, 15) is 4.79 Å². The molecule has 0 aliphatic heterocycles. The molecule has 0 unspecified atom stereocenters. The van der Waals surface area contributed by atoms with Gasteiger partial charge in [0.25, 0.3) is 0 Å². The topological polar surface area (TPSA) is 54.9 Å². The van der Waals surface area contributed by atoms with Crippen molar-refractivity contribution in [3.63, 3.8) is 0 Å². The zero-order chi connectivity index (χ0) is 17.3. The van der Waals surface area contributed by atoms with Gasteiger partial charge in [-0.25, -0.2) is 9.97 Å². The van der Waals surface area contributed by atoms with E-state index in [1.54, 1.807) is 6.07 Å². The number of benzene rings is 2. The summed E-state index contributed by atoms with van der Waals surface area (Å²) in [6, 6.07) is 19.6. The molecule has 5 heteroatoms. The van der Waals surface area contributed by atoms with Crippen LogP contribution in [0.4, 0.5) is 5.82 Å². The van der Waals surface area contributed by atoms with Crippen LogP contribution in [-0.2, 0) is 10.2 Å². The molecule has 1 fully saturated rings. The summed E-state index contributed by atoms with van der Waals surface area (Å²) in [7, 11) is 0. The Morgan fingerprint density at radius 1 is 1.00 bits per heavy atom. The van der Waals surface area contributed by atoms with E-state index in [0.29, 0.717) is 5.82 Å². The molecule has 1 N–H and O–H groups in total. The molecular formula is C20H16BrN3O. The largest absolute Gasteiger partial charge is 0.310 e. The molecule has 1 amide bonds. The Balaban J connectivity index is 1.58. The fourth-order valence-corrected chi connectivity index (χ4v) is 3.40. The Bertz CT molecular complexity index is 923. The molecule has 1 aromatic heterocycles. The van der Waals surface area contributed by atoms with Crippen LogP contribution in [0.2, 0.25) is 0 Å². The number of nitrogens with zero attached hydrogens (tertiary/aromatic N) is 2. The fourth-order valence-electron chi connectivity index (χ4n) is 3.00. The lowest BCUT2D eigenvalue weighted by Crippen LogP contribution is -2.28. The second kappa shape index (κ2) is 6.41. The van der Waals surface area contributed by atoms with E-state index in [4.69, 9.17) is 0 Å². The Labute approximate surface area is 154 Å². The number of hydrogen-bond donors (Lipinski definition) is 1. The highest BCUT2D eigenvalue weighted by molar-refractivity contribution is 9.10. The molecular weight excluding hydrogens is 378 g/mol. The van der Waals surface area contributed by atoms with Gasteiger partial charge in [-0.15, -0.1) is 0 Å². The second-order valence-electron chi connectivity index (χ2n) is 6.20. The standard InChI is InChI=1S/C20H16BrN3O/c21-16-8-4-5-14(11-16)17-12-18(23-13-22-17)24-19(25)20(9-10-20)15-6-2-1-3-7-15/h1-8,11-13H,9-10H2,(H,22,23,24,25). The van der Waals surface area contributed by atoms with E-state index >= 15 is 0 Å². The number of aromatic nitrogens is 2. The highest BCUT2D eigenvalue weighted by atomic mass is 79.9. The molecule has 1 aliphatic carbocycles. The molecule has 1 aliphatic rings. The summed E-state index contributed by atoms with van der Waals surface area (Å²) in [4.78, 5) is 21.3. The molecule has 25 heavy (non-hydrogen) atoms. The first-order valence-corrected chi connectivity index (χ1v) is 8.92. The Kier molecular flexibility index (Phi) is 4.09. The monoisotopic (exact) mass is 393 g/mol. The smallest absolute Gasteiger partial charge is 0.236 e. The van der Waals surface area contributed by atoms with Crippen molar-refractivity contribution in [3.05, 3.63) is 77.0 Å². The van der Waals surface area contributed by atoms with Gasteiger partial charge in [-0.05, 0) is 30.5 Å². The predicted molar refractivity (Wildman–Crippen MR) is 101 cm³/mol. The van der Waals surface area contributed by atoms with Gasteiger partial charge >= 0.3 is 0 Å². The van der Waals surface area contributed by atoms with E-state index < -0.39 is 5.41 Å². The number of amides is 1. The van der Waals surface area contributed by atoms with E-state index in [2.05, 4.69) is 31.2 Å². The number of halogens is 1. The molecule has 1 heterocycles. The summed E-state index contributed by atoms with van der Waals surface area (Å²) >= 11 is 3.47. The van der Waals surface area contributed by atoms with Crippen LogP contribution >= 0.6 is 15.9 Å². The van der Waals surface area contributed by atoms with Crippen LogP contribution in [0.15, 0.2) is 71.5 Å². The van der Waals surface area contributed by atoms with Crippen molar-refractivity contribution in [2.45, 2.75) is 18.3 Å². The van der Waals surface area contributed by atoms with E-state index in [-0.39, 0.29) is 5.91 Å². The lowest BCUT2D eigenvalue weighted by molar-refractivity contribution is -0.118. The molecule has 0 atom stereocenters. The minimum absolute atomic E-state index is 0.00223. The number of hydrogen-bond acceptors (Lipinski definition) is 3. The molecule has 124 valence electrons. The Hall–Kier alpha value is -2.53. The highest BCUT2D eigenvalue weighted by Gasteiger charge is 2.51. The van der Waals surface area contributed by atoms with Crippen LogP contribution in [0, 0.1) is 0 Å². The summed E-state index contributed by atoms with van der Waals surface area (Å²) < 4.78 is 0.982. The van der Waals surface area contributed by atoms with Crippen LogP contribution in [0.1, 0.15) is 18.4 Å². The minimum Gasteiger partial charge on any atom is -0.310 e. The van der Waals surface area contributed by atoms with Crippen molar-refractivity contribution >= 4 is 27.7 Å². The van der Waals surface area contributed by atoms with Crippen molar-refractivity contribution in [2.24, 2.45) is 0 Å². The average Bonchev–Trinajstić information content (AvgIpc) is 3.45. The number of nitrogens with one attached hydrogen (secondary N) is 1. The van der Waals surface area contributed by atoms with Crippen LogP contribution in [0.5, 0.6) is 0 Å². The Morgan fingerprint density at radius 3 is 2.52 bits per heavy atom. The van der Waals surface area contributed by atoms with Crippen LogP contribution in [-0.4, -0.2) is 15.9 Å². The van der Waals surface area contributed by atoms with Gasteiger partial charge in [0.1, 0.15) is 12.1 Å². The summed E-state index contributed by atoms with van der Waals surface area (Å²) in [5.41, 5.74) is 2.39. The molecule has 0 bridgehead atoms. The van der Waals surface area contributed by atoms with Crippen LogP contribution in [0.25, 0.3) is 11.3 Å². The molecule has 4 rings (SSSR count). The van der Waals surface area contributed by atoms with E-state index in [1.165, 1.54) is 6.33 Å². The van der Waals surface area contributed by atoms with Crippen molar-refractivity contribution < 1.29 is 4.79 Å². The zero-order valence-corrected chi connectivity index (χ0v) is 15.0. The fraction of sp³-hybridized carbons (Fsp3) is 0.150. The van der Waals surface area contributed by atoms with Gasteiger partial charge in [0.05, 0.1) is 11.1 Å². The summed E-state index contributed by atoms with van der Waals surface area (Å²) in [5, 5.41) is 2.97. The number of anilines is 1. The lowest BCUT2D eigenvalue weighted by Gasteiger charge is -2.15. The molecule has 3 aromatic rings. The maximum atomic E-state index is 12.8. The van der Waals surface area contributed by atoms with Gasteiger partial charge in [0, 0.05) is 16.1 Å². The Morgan fingerprint density at radius 2 is 1.80 bits per heavy atom. The number of carbonyl (C=O) groups is 1. The third kappa shape index (κ3) is 3.20. The van der Waals surface area contributed by atoms with E-state index in [0.717, 1.165) is 34.1 Å². The molecule has 4 nitrogen and oxygen atoms in total. The van der Waals surface area contributed by atoms with Crippen molar-refractivity contribution in [3.8, 4) is 11.3 Å². The molecule has 0 spiro atoms. The first kappa shape index (κ1) is 16.0. The van der Waals surface area contributed by atoms with Crippen LogP contribution < -0.4 is 5.32 Å². The summed E-state index contributed by atoms with van der Waals surface area (Å²) in [5.74, 6) is 0.523. The number of carbonyl (C=O) groups excluding carboxylic acids is 1. The normalized spacial score (nSPS) is 14.8. The highest BCUT2D eigenvalue weighted by Crippen LogP contribution is 2.48. The van der Waals surface area contributed by atoms with Gasteiger partial charge in [-0.2, -0.15) is 0 Å². The maximum Gasteiger partial charge on any atom is 0.236 e. The third-order valence-corrected chi connectivity index (χ3v) is 5.03. The van der Waals surface area contributed by atoms with Crippen molar-refractivity contribution in [2.75, 3.05) is 5.32 Å². The lowest BCUT2D eigenvalue weighted by atomic mass is 9.95. The second-order valence-corrected chi connectivity index (χ2v) is 7.12. The van der Waals surface area contributed by atoms with Gasteiger partial charge in [0.15, 0.2) is 0 Å². The predicted octanol–water partition coefficient (Wildman–Crippen LogP) is 4.58. The summed E-state index contributed by atoms with van der Waals surface area (Å²) in [6.07, 6.45) is 3.22. The van der Waals surface area contributed by atoms with Gasteiger partial charge in [0.2, 0.25) is 5.91 Å². The molecule has 1 saturated carbocycles. The van der Waals surface area contributed by atoms with E-state index in [1.807, 2.05) is 54.6 Å². The van der Waals surface area contributed by atoms with Gasteiger partial charge in [-0.1, -0.05) is 58.4 Å². The maximum absolute atomic E-state index is 12.8. The first-order chi connectivity index (χ1) is 12.2. The van der Waals surface area contributed by atoms with Crippen molar-refractivity contribution in [1.29, 1.82) is 0 Å². The average molecular weight is 394 g/mol.